The van der Waals surface area contributed by atoms with Crippen LogP contribution in [0.25, 0.3) is 10.8 Å². The van der Waals surface area contributed by atoms with Gasteiger partial charge in [0, 0.05) is 30.2 Å². The van der Waals surface area contributed by atoms with E-state index >= 15 is 0 Å². The Hall–Kier alpha value is -2.68. The predicted molar refractivity (Wildman–Crippen MR) is 97.3 cm³/mol. The average molecular weight is 304 g/mol. The normalized spacial score (nSPS) is 12.1. The van der Waals surface area contributed by atoms with Gasteiger partial charge in [-0.05, 0) is 37.4 Å². The molecule has 3 nitrogen and oxygen atoms in total. The lowest BCUT2D eigenvalue weighted by atomic mass is 10.1. The SMILES string of the molecule is CCN(CC)c1ccc2c(c1)Oc1ccc3ccccc3c1N2. The molecule has 1 N–H and O–H groups in total. The molecule has 0 saturated heterocycles. The van der Waals surface area contributed by atoms with E-state index < -0.39 is 0 Å². The lowest BCUT2D eigenvalue weighted by Gasteiger charge is -2.26. The number of nitrogens with one attached hydrogen (secondary N) is 1. The number of anilines is 3. The first kappa shape index (κ1) is 13.9. The van der Waals surface area contributed by atoms with Crippen LogP contribution in [0.4, 0.5) is 17.1 Å². The fourth-order valence-corrected chi connectivity index (χ4v) is 3.20. The first-order valence-corrected chi connectivity index (χ1v) is 8.15. The van der Waals surface area contributed by atoms with Crippen molar-refractivity contribution in [3.05, 3.63) is 54.6 Å². The summed E-state index contributed by atoms with van der Waals surface area (Å²) >= 11 is 0. The van der Waals surface area contributed by atoms with Gasteiger partial charge in [0.05, 0.1) is 11.4 Å². The molecule has 0 spiro atoms. The van der Waals surface area contributed by atoms with Gasteiger partial charge >= 0.3 is 0 Å². The van der Waals surface area contributed by atoms with Crippen molar-refractivity contribution < 1.29 is 4.74 Å². The van der Waals surface area contributed by atoms with Crippen LogP contribution in [0.3, 0.4) is 0 Å². The Kier molecular flexibility index (Phi) is 3.34. The number of hydrogen-bond acceptors (Lipinski definition) is 3. The second-order valence-electron chi connectivity index (χ2n) is 5.74. The van der Waals surface area contributed by atoms with E-state index in [-0.39, 0.29) is 0 Å². The third-order valence-corrected chi connectivity index (χ3v) is 4.46. The van der Waals surface area contributed by atoms with Gasteiger partial charge in [0.2, 0.25) is 0 Å². The minimum atomic E-state index is 0.882. The maximum Gasteiger partial charge on any atom is 0.153 e. The van der Waals surface area contributed by atoms with Crippen LogP contribution in [-0.4, -0.2) is 13.1 Å². The van der Waals surface area contributed by atoms with E-state index in [4.69, 9.17) is 4.74 Å². The second-order valence-corrected chi connectivity index (χ2v) is 5.74. The number of nitrogens with zero attached hydrogens (tertiary/aromatic N) is 1. The molecule has 23 heavy (non-hydrogen) atoms. The first-order chi connectivity index (χ1) is 11.3. The van der Waals surface area contributed by atoms with Crippen LogP contribution < -0.4 is 15.0 Å². The molecule has 0 aliphatic carbocycles. The van der Waals surface area contributed by atoms with E-state index in [0.717, 1.165) is 36.0 Å². The molecule has 0 saturated carbocycles. The van der Waals surface area contributed by atoms with Crippen molar-refractivity contribution in [3.8, 4) is 11.5 Å². The summed E-state index contributed by atoms with van der Waals surface area (Å²) in [6.45, 7) is 6.32. The van der Waals surface area contributed by atoms with Crippen LogP contribution in [0.2, 0.25) is 0 Å². The molecule has 0 radical (unpaired) electrons. The maximum atomic E-state index is 6.18. The minimum absolute atomic E-state index is 0.882. The van der Waals surface area contributed by atoms with Gasteiger partial charge in [0.1, 0.15) is 0 Å². The Bertz CT molecular complexity index is 869. The molecule has 116 valence electrons. The number of ether oxygens (including phenoxy) is 1. The number of fused-ring (bicyclic) bond motifs is 4. The highest BCUT2D eigenvalue weighted by atomic mass is 16.5. The van der Waals surface area contributed by atoms with E-state index in [1.165, 1.54) is 16.5 Å². The zero-order valence-corrected chi connectivity index (χ0v) is 13.5. The lowest BCUT2D eigenvalue weighted by molar-refractivity contribution is 0.482. The quantitative estimate of drug-likeness (QED) is 0.538. The molecule has 0 fully saturated rings. The van der Waals surface area contributed by atoms with Gasteiger partial charge in [0.25, 0.3) is 0 Å². The van der Waals surface area contributed by atoms with Gasteiger partial charge < -0.3 is 15.0 Å². The van der Waals surface area contributed by atoms with Gasteiger partial charge in [-0.2, -0.15) is 0 Å². The first-order valence-electron chi connectivity index (χ1n) is 8.15. The van der Waals surface area contributed by atoms with Crippen molar-refractivity contribution >= 4 is 27.8 Å². The number of rotatable bonds is 3. The summed E-state index contributed by atoms with van der Waals surface area (Å²) in [5.74, 6) is 1.77. The molecule has 1 aliphatic rings. The Morgan fingerprint density at radius 3 is 2.57 bits per heavy atom. The van der Waals surface area contributed by atoms with Crippen LogP contribution in [0, 0.1) is 0 Å². The van der Waals surface area contributed by atoms with E-state index in [1.54, 1.807) is 0 Å². The van der Waals surface area contributed by atoms with Crippen molar-refractivity contribution in [2.45, 2.75) is 13.8 Å². The fraction of sp³-hybridized carbons (Fsp3) is 0.200. The van der Waals surface area contributed by atoms with E-state index in [2.05, 4.69) is 72.6 Å². The summed E-state index contributed by atoms with van der Waals surface area (Å²) in [7, 11) is 0. The summed E-state index contributed by atoms with van der Waals surface area (Å²) < 4.78 is 6.18. The summed E-state index contributed by atoms with van der Waals surface area (Å²) in [5, 5.41) is 5.94. The zero-order chi connectivity index (χ0) is 15.8. The smallest absolute Gasteiger partial charge is 0.153 e. The Balaban J connectivity index is 1.78. The third-order valence-electron chi connectivity index (χ3n) is 4.46. The monoisotopic (exact) mass is 304 g/mol. The Labute approximate surface area is 136 Å². The summed E-state index contributed by atoms with van der Waals surface area (Å²) in [5.41, 5.74) is 3.26. The van der Waals surface area contributed by atoms with Gasteiger partial charge in [-0.25, -0.2) is 0 Å². The highest BCUT2D eigenvalue weighted by molar-refractivity contribution is 6.00. The van der Waals surface area contributed by atoms with E-state index in [9.17, 15) is 0 Å². The van der Waals surface area contributed by atoms with Crippen LogP contribution >= 0.6 is 0 Å². The van der Waals surface area contributed by atoms with Crippen molar-refractivity contribution in [3.63, 3.8) is 0 Å². The molecule has 3 aromatic rings. The molecular weight excluding hydrogens is 284 g/mol. The average Bonchev–Trinajstić information content (AvgIpc) is 2.61. The predicted octanol–water partition coefficient (Wildman–Crippen LogP) is 5.54. The molecule has 3 heteroatoms. The molecule has 0 unspecified atom stereocenters. The highest BCUT2D eigenvalue weighted by Crippen LogP contribution is 2.46. The van der Waals surface area contributed by atoms with Crippen molar-refractivity contribution in [2.24, 2.45) is 0 Å². The third kappa shape index (κ3) is 2.29. The molecule has 1 heterocycles. The largest absolute Gasteiger partial charge is 0.453 e. The molecular formula is C20H20N2O. The lowest BCUT2D eigenvalue weighted by Crippen LogP contribution is -2.21. The van der Waals surface area contributed by atoms with E-state index in [1.807, 2.05) is 6.07 Å². The second kappa shape index (κ2) is 5.51. The van der Waals surface area contributed by atoms with Gasteiger partial charge in [0.15, 0.2) is 11.5 Å². The molecule has 1 aliphatic heterocycles. The van der Waals surface area contributed by atoms with Crippen LogP contribution in [0.5, 0.6) is 11.5 Å². The fourth-order valence-electron chi connectivity index (χ4n) is 3.20. The zero-order valence-electron chi connectivity index (χ0n) is 13.5. The molecule has 0 atom stereocenters. The molecule has 3 aromatic carbocycles. The summed E-state index contributed by atoms with van der Waals surface area (Å²) in [6.07, 6.45) is 0. The van der Waals surface area contributed by atoms with Gasteiger partial charge in [-0.1, -0.05) is 30.3 Å². The van der Waals surface area contributed by atoms with Crippen molar-refractivity contribution in [1.29, 1.82) is 0 Å². The Morgan fingerprint density at radius 1 is 0.913 bits per heavy atom. The van der Waals surface area contributed by atoms with Crippen molar-refractivity contribution in [1.82, 2.24) is 0 Å². The standard InChI is InChI=1S/C20H20N2O/c1-3-22(4-2)15-10-11-17-19(13-15)23-18-12-9-14-7-5-6-8-16(14)20(18)21-17/h5-13,21H,3-4H2,1-2H3. The number of benzene rings is 3. The van der Waals surface area contributed by atoms with Crippen LogP contribution in [0.1, 0.15) is 13.8 Å². The number of hydrogen-bond donors (Lipinski definition) is 1. The van der Waals surface area contributed by atoms with Crippen LogP contribution in [0.15, 0.2) is 54.6 Å². The van der Waals surface area contributed by atoms with Crippen LogP contribution in [-0.2, 0) is 0 Å². The summed E-state index contributed by atoms with van der Waals surface area (Å²) in [6, 6.07) is 18.9. The molecule has 4 rings (SSSR count). The molecule has 0 bridgehead atoms. The topological polar surface area (TPSA) is 24.5 Å². The maximum absolute atomic E-state index is 6.18. The Morgan fingerprint density at radius 2 is 1.74 bits per heavy atom. The molecule has 0 amide bonds. The van der Waals surface area contributed by atoms with Gasteiger partial charge in [-0.15, -0.1) is 0 Å². The van der Waals surface area contributed by atoms with Gasteiger partial charge in [-0.3, -0.25) is 0 Å². The highest BCUT2D eigenvalue weighted by Gasteiger charge is 2.19. The minimum Gasteiger partial charge on any atom is -0.453 e. The van der Waals surface area contributed by atoms with E-state index in [0.29, 0.717) is 0 Å². The summed E-state index contributed by atoms with van der Waals surface area (Å²) in [4.78, 5) is 2.32. The van der Waals surface area contributed by atoms with Crippen molar-refractivity contribution in [2.75, 3.05) is 23.3 Å². The molecule has 0 aromatic heterocycles.